The highest BCUT2D eigenvalue weighted by Gasteiger charge is 2.39. The van der Waals surface area contributed by atoms with E-state index in [1.807, 2.05) is 48.7 Å². The van der Waals surface area contributed by atoms with Gasteiger partial charge in [-0.3, -0.25) is 14.5 Å². The number of para-hydroxylation sites is 1. The Morgan fingerprint density at radius 1 is 1.14 bits per heavy atom. The van der Waals surface area contributed by atoms with Crippen molar-refractivity contribution in [2.45, 2.75) is 44.2 Å². The zero-order chi connectivity index (χ0) is 25.5. The van der Waals surface area contributed by atoms with E-state index in [-0.39, 0.29) is 30.8 Å². The van der Waals surface area contributed by atoms with E-state index in [1.165, 1.54) is 10.5 Å². The molecule has 0 bridgehead atoms. The third-order valence-electron chi connectivity index (χ3n) is 7.53. The summed E-state index contributed by atoms with van der Waals surface area (Å²) in [5, 5.41) is 7.96. The molecule has 0 unspecified atom stereocenters. The molecular weight excluding hydrogens is 470 g/mol. The average molecular weight is 500 g/mol. The van der Waals surface area contributed by atoms with E-state index in [1.54, 1.807) is 7.11 Å². The topological polar surface area (TPSA) is 119 Å². The lowest BCUT2D eigenvalue weighted by Crippen LogP contribution is -2.38. The summed E-state index contributed by atoms with van der Waals surface area (Å²) in [5.74, 6) is 0.179. The molecule has 4 aromatic rings. The Morgan fingerprint density at radius 2 is 2.00 bits per heavy atom. The highest BCUT2D eigenvalue weighted by Crippen LogP contribution is 2.36. The van der Waals surface area contributed by atoms with Crippen molar-refractivity contribution < 1.29 is 19.1 Å². The number of fused-ring (bicyclic) bond motifs is 4. The van der Waals surface area contributed by atoms with Crippen molar-refractivity contribution >= 4 is 39.7 Å². The molecule has 0 saturated carbocycles. The molecule has 2 aromatic heterocycles. The van der Waals surface area contributed by atoms with Crippen molar-refractivity contribution in [1.29, 1.82) is 0 Å². The van der Waals surface area contributed by atoms with Crippen LogP contribution in [-0.4, -0.2) is 52.4 Å². The molecule has 3 heterocycles. The van der Waals surface area contributed by atoms with Crippen LogP contribution < -0.4 is 15.4 Å². The maximum atomic E-state index is 13.0. The van der Waals surface area contributed by atoms with Crippen LogP contribution in [0.25, 0.3) is 21.8 Å². The number of rotatable bonds is 7. The smallest absolute Gasteiger partial charge is 0.324 e. The summed E-state index contributed by atoms with van der Waals surface area (Å²) in [5.41, 5.74) is 5.27. The number of imide groups is 1. The Morgan fingerprint density at radius 3 is 2.86 bits per heavy atom. The zero-order valence-electron chi connectivity index (χ0n) is 20.6. The summed E-state index contributed by atoms with van der Waals surface area (Å²) in [7, 11) is 1.65. The number of aryl methyl sites for hydroxylation is 1. The summed E-state index contributed by atoms with van der Waals surface area (Å²) in [6.45, 7) is 0.259. The normalized spacial score (nSPS) is 19.3. The first-order valence-corrected chi connectivity index (χ1v) is 12.7. The number of nitrogens with one attached hydrogen (secondary N) is 4. The summed E-state index contributed by atoms with van der Waals surface area (Å²) >= 11 is 0. The SMILES string of the molecule is COc1ccc2[nH]c3c(c2c1)CCC[C@H]3NC(=O)C[C@@H]1NC(=O)N(CCc2c[nH]c3ccccc23)C1=O. The van der Waals surface area contributed by atoms with Gasteiger partial charge in [0.1, 0.15) is 11.8 Å². The molecule has 190 valence electrons. The predicted molar refractivity (Wildman–Crippen MR) is 139 cm³/mol. The van der Waals surface area contributed by atoms with Crippen LogP contribution in [0.3, 0.4) is 0 Å². The zero-order valence-corrected chi connectivity index (χ0v) is 20.6. The fourth-order valence-corrected chi connectivity index (χ4v) is 5.65. The van der Waals surface area contributed by atoms with Crippen molar-refractivity contribution in [3.05, 3.63) is 65.5 Å². The summed E-state index contributed by atoms with van der Waals surface area (Å²) in [6.07, 6.45) is 5.05. The molecule has 6 rings (SSSR count). The maximum absolute atomic E-state index is 13.0. The number of urea groups is 1. The second-order valence-electron chi connectivity index (χ2n) is 9.75. The van der Waals surface area contributed by atoms with Gasteiger partial charge in [-0.1, -0.05) is 18.2 Å². The third-order valence-corrected chi connectivity index (χ3v) is 7.53. The van der Waals surface area contributed by atoms with Crippen molar-refractivity contribution in [3.63, 3.8) is 0 Å². The Kier molecular flexibility index (Phi) is 5.82. The lowest BCUT2D eigenvalue weighted by atomic mass is 9.91. The predicted octanol–water partition coefficient (Wildman–Crippen LogP) is 3.70. The maximum Gasteiger partial charge on any atom is 0.324 e. The highest BCUT2D eigenvalue weighted by molar-refractivity contribution is 6.06. The minimum atomic E-state index is -0.856. The van der Waals surface area contributed by atoms with Crippen molar-refractivity contribution in [2.24, 2.45) is 0 Å². The van der Waals surface area contributed by atoms with E-state index in [0.717, 1.165) is 58.1 Å². The summed E-state index contributed by atoms with van der Waals surface area (Å²) in [6, 6.07) is 12.4. The minimum absolute atomic E-state index is 0.0892. The van der Waals surface area contributed by atoms with Gasteiger partial charge in [0.2, 0.25) is 5.91 Å². The number of ether oxygens (including phenoxy) is 1. The number of benzene rings is 2. The van der Waals surface area contributed by atoms with Crippen LogP contribution in [0.5, 0.6) is 5.75 Å². The van der Waals surface area contributed by atoms with Crippen LogP contribution in [0.4, 0.5) is 4.79 Å². The van der Waals surface area contributed by atoms with Crippen LogP contribution in [0, 0.1) is 0 Å². The molecule has 9 heteroatoms. The Balaban J connectivity index is 1.10. The molecule has 4 amide bonds. The van der Waals surface area contributed by atoms with E-state index in [4.69, 9.17) is 4.74 Å². The van der Waals surface area contributed by atoms with E-state index in [2.05, 4.69) is 20.6 Å². The second-order valence-corrected chi connectivity index (χ2v) is 9.75. The Hall–Kier alpha value is -4.27. The number of carbonyl (C=O) groups excluding carboxylic acids is 3. The Labute approximate surface area is 213 Å². The van der Waals surface area contributed by atoms with Crippen LogP contribution >= 0.6 is 0 Å². The fraction of sp³-hybridized carbons (Fsp3) is 0.321. The standard InChI is InChI=1S/C28H29N5O4/c1-37-17-9-10-22-20(13-17)19-6-4-8-23(26(19)31-22)30-25(34)14-24-27(35)33(28(36)32-24)12-11-16-15-29-21-7-3-2-5-18(16)21/h2-3,5,7,9-10,13,15,23-24,29,31H,4,6,8,11-12,14H2,1H3,(H,30,34)(H,32,36)/t23-,24+/m1/s1. The Bertz CT molecular complexity index is 1520. The van der Waals surface area contributed by atoms with Gasteiger partial charge in [-0.05, 0) is 61.1 Å². The molecule has 2 aliphatic rings. The lowest BCUT2D eigenvalue weighted by Gasteiger charge is -2.24. The largest absolute Gasteiger partial charge is 0.497 e. The molecule has 2 aromatic carbocycles. The quantitative estimate of drug-likeness (QED) is 0.290. The highest BCUT2D eigenvalue weighted by atomic mass is 16.5. The number of hydrogen-bond acceptors (Lipinski definition) is 4. The van der Waals surface area contributed by atoms with Crippen LogP contribution in [0.1, 0.15) is 42.1 Å². The third kappa shape index (κ3) is 4.20. The average Bonchev–Trinajstić information content (AvgIpc) is 3.57. The number of hydrogen-bond donors (Lipinski definition) is 4. The number of aromatic nitrogens is 2. The summed E-state index contributed by atoms with van der Waals surface area (Å²) < 4.78 is 5.38. The van der Waals surface area contributed by atoms with Gasteiger partial charge in [0.25, 0.3) is 5.91 Å². The molecule has 2 atom stereocenters. The number of methoxy groups -OCH3 is 1. The minimum Gasteiger partial charge on any atom is -0.497 e. The molecule has 37 heavy (non-hydrogen) atoms. The van der Waals surface area contributed by atoms with Crippen LogP contribution in [-0.2, 0) is 22.4 Å². The van der Waals surface area contributed by atoms with E-state index in [0.29, 0.717) is 6.42 Å². The van der Waals surface area contributed by atoms with Crippen molar-refractivity contribution in [2.75, 3.05) is 13.7 Å². The molecule has 0 spiro atoms. The number of H-pyrrole nitrogens is 2. The second kappa shape index (κ2) is 9.31. The van der Waals surface area contributed by atoms with Gasteiger partial charge in [-0.15, -0.1) is 0 Å². The molecule has 4 N–H and O–H groups in total. The van der Waals surface area contributed by atoms with Crippen LogP contribution in [0.2, 0.25) is 0 Å². The number of amides is 4. The van der Waals surface area contributed by atoms with E-state index >= 15 is 0 Å². The first-order valence-electron chi connectivity index (χ1n) is 12.7. The van der Waals surface area contributed by atoms with E-state index < -0.39 is 12.1 Å². The van der Waals surface area contributed by atoms with Gasteiger partial charge in [-0.25, -0.2) is 4.79 Å². The van der Waals surface area contributed by atoms with Gasteiger partial charge in [-0.2, -0.15) is 0 Å². The molecule has 1 saturated heterocycles. The van der Waals surface area contributed by atoms with Crippen LogP contribution in [0.15, 0.2) is 48.7 Å². The van der Waals surface area contributed by atoms with Crippen molar-refractivity contribution in [1.82, 2.24) is 25.5 Å². The van der Waals surface area contributed by atoms with Gasteiger partial charge in [0.05, 0.1) is 19.6 Å². The van der Waals surface area contributed by atoms with Crippen molar-refractivity contribution in [3.8, 4) is 5.75 Å². The number of aromatic amines is 2. The molecule has 0 radical (unpaired) electrons. The number of nitrogens with zero attached hydrogens (tertiary/aromatic N) is 1. The van der Waals surface area contributed by atoms with Gasteiger partial charge >= 0.3 is 6.03 Å². The molecule has 1 aliphatic carbocycles. The first kappa shape index (κ1) is 23.1. The lowest BCUT2D eigenvalue weighted by molar-refractivity contribution is -0.131. The fourth-order valence-electron chi connectivity index (χ4n) is 5.65. The summed E-state index contributed by atoms with van der Waals surface area (Å²) in [4.78, 5) is 46.4. The molecular formula is C28H29N5O4. The van der Waals surface area contributed by atoms with Gasteiger partial charge < -0.3 is 25.3 Å². The van der Waals surface area contributed by atoms with Gasteiger partial charge in [0.15, 0.2) is 0 Å². The first-order chi connectivity index (χ1) is 18.0. The molecule has 1 aliphatic heterocycles. The monoisotopic (exact) mass is 499 g/mol. The van der Waals surface area contributed by atoms with E-state index in [9.17, 15) is 14.4 Å². The molecule has 9 nitrogen and oxygen atoms in total. The molecule has 1 fully saturated rings. The van der Waals surface area contributed by atoms with Gasteiger partial charge in [0, 0.05) is 40.2 Å². The number of carbonyl (C=O) groups is 3.